The number of ether oxygens (including phenoxy) is 1. The fraction of sp³-hybridized carbons (Fsp3) is 0.600. The Labute approximate surface area is 171 Å². The Morgan fingerprint density at radius 2 is 1.79 bits per heavy atom. The number of hydrogen-bond acceptors (Lipinski definition) is 6. The molecule has 0 heterocycles. The Hall–Kier alpha value is -2.68. The molecule has 0 spiro atoms. The van der Waals surface area contributed by atoms with Gasteiger partial charge >= 0.3 is 6.09 Å². The van der Waals surface area contributed by atoms with Crippen LogP contribution in [0.2, 0.25) is 0 Å². The van der Waals surface area contributed by atoms with E-state index in [4.69, 9.17) is 4.74 Å². The Morgan fingerprint density at radius 3 is 2.34 bits per heavy atom. The van der Waals surface area contributed by atoms with Gasteiger partial charge in [0.2, 0.25) is 5.91 Å². The molecule has 9 heteroatoms. The lowest BCUT2D eigenvalue weighted by molar-refractivity contribution is -0.383. The first-order valence-corrected chi connectivity index (χ1v) is 9.56. The fourth-order valence-electron chi connectivity index (χ4n) is 2.92. The van der Waals surface area contributed by atoms with Crippen molar-refractivity contribution < 1.29 is 19.2 Å². The van der Waals surface area contributed by atoms with E-state index < -0.39 is 28.1 Å². The van der Waals surface area contributed by atoms with Crippen LogP contribution in [0, 0.1) is 16.0 Å². The summed E-state index contributed by atoms with van der Waals surface area (Å²) in [6.07, 6.45) is 0.167. The van der Waals surface area contributed by atoms with Gasteiger partial charge < -0.3 is 20.7 Å². The van der Waals surface area contributed by atoms with Gasteiger partial charge in [-0.3, -0.25) is 14.9 Å². The van der Waals surface area contributed by atoms with Gasteiger partial charge in [0.25, 0.3) is 5.69 Å². The Bertz CT molecular complexity index is 730. The third-order valence-electron chi connectivity index (χ3n) is 3.93. The van der Waals surface area contributed by atoms with Crippen molar-refractivity contribution in [1.82, 2.24) is 10.6 Å². The Kier molecular flexibility index (Phi) is 8.57. The first-order valence-electron chi connectivity index (χ1n) is 9.56. The number of carbonyl (C=O) groups is 2. The maximum absolute atomic E-state index is 12.3. The number of alkyl carbamates (subject to hydrolysis) is 1. The lowest BCUT2D eigenvalue weighted by Crippen LogP contribution is -2.54. The summed E-state index contributed by atoms with van der Waals surface area (Å²) in [5, 5.41) is 19.5. The van der Waals surface area contributed by atoms with Crippen molar-refractivity contribution >= 4 is 23.4 Å². The topological polar surface area (TPSA) is 123 Å². The number of para-hydroxylation sites is 2. The minimum absolute atomic E-state index is 0.0642. The lowest BCUT2D eigenvalue weighted by atomic mass is 9.90. The molecular weight excluding hydrogens is 376 g/mol. The van der Waals surface area contributed by atoms with Gasteiger partial charge in [-0.2, -0.15) is 0 Å². The average molecular weight is 408 g/mol. The van der Waals surface area contributed by atoms with Gasteiger partial charge in [-0.15, -0.1) is 0 Å². The quantitative estimate of drug-likeness (QED) is 0.425. The molecule has 0 unspecified atom stereocenters. The standard InChI is InChI=1S/C20H32N4O5/c1-14(2)11-20(6,13-21-18(26)29-19(3,4)5)22-12-17(25)23-15-9-7-8-10-16(15)24(27)28/h7-10,14,22H,11-13H2,1-6H3,(H,21,26)(H,23,25)/t20-/m0/s1. The third-order valence-corrected chi connectivity index (χ3v) is 3.93. The van der Waals surface area contributed by atoms with Gasteiger partial charge in [0.15, 0.2) is 0 Å². The summed E-state index contributed by atoms with van der Waals surface area (Å²) in [5.41, 5.74) is -1.19. The number of anilines is 1. The predicted octanol–water partition coefficient (Wildman–Crippen LogP) is 3.45. The largest absolute Gasteiger partial charge is 0.444 e. The SMILES string of the molecule is CC(C)C[C@@](C)(CNC(=O)OC(C)(C)C)NCC(=O)Nc1ccccc1[N+](=O)[O-]. The van der Waals surface area contributed by atoms with Gasteiger partial charge in [-0.25, -0.2) is 4.79 Å². The van der Waals surface area contributed by atoms with Gasteiger partial charge in [-0.05, 0) is 46.1 Å². The molecule has 2 amide bonds. The van der Waals surface area contributed by atoms with E-state index in [1.807, 2.05) is 20.8 Å². The molecule has 29 heavy (non-hydrogen) atoms. The molecule has 0 aliphatic carbocycles. The van der Waals surface area contributed by atoms with E-state index in [1.165, 1.54) is 18.2 Å². The maximum atomic E-state index is 12.3. The van der Waals surface area contributed by atoms with Crippen LogP contribution in [0.15, 0.2) is 24.3 Å². The first kappa shape index (κ1) is 24.4. The Morgan fingerprint density at radius 1 is 1.17 bits per heavy atom. The molecule has 1 aromatic carbocycles. The molecule has 0 bridgehead atoms. The van der Waals surface area contributed by atoms with Crippen molar-refractivity contribution in [2.45, 2.75) is 59.1 Å². The first-order chi connectivity index (χ1) is 13.3. The number of amides is 2. The van der Waals surface area contributed by atoms with E-state index in [9.17, 15) is 19.7 Å². The monoisotopic (exact) mass is 408 g/mol. The lowest BCUT2D eigenvalue weighted by Gasteiger charge is -2.33. The van der Waals surface area contributed by atoms with Crippen molar-refractivity contribution in [3.63, 3.8) is 0 Å². The van der Waals surface area contributed by atoms with Gasteiger partial charge in [0.05, 0.1) is 11.5 Å². The van der Waals surface area contributed by atoms with E-state index in [1.54, 1.807) is 26.8 Å². The van der Waals surface area contributed by atoms with Crippen LogP contribution in [0.25, 0.3) is 0 Å². The van der Waals surface area contributed by atoms with E-state index in [0.717, 1.165) is 0 Å². The molecule has 3 N–H and O–H groups in total. The molecule has 0 aromatic heterocycles. The highest BCUT2D eigenvalue weighted by Gasteiger charge is 2.28. The van der Waals surface area contributed by atoms with Crippen LogP contribution >= 0.6 is 0 Å². The van der Waals surface area contributed by atoms with Crippen molar-refractivity contribution in [2.24, 2.45) is 5.92 Å². The van der Waals surface area contributed by atoms with Gasteiger partial charge in [0, 0.05) is 18.2 Å². The van der Waals surface area contributed by atoms with Crippen LogP contribution in [-0.2, 0) is 9.53 Å². The number of carbonyl (C=O) groups excluding carboxylic acids is 2. The second-order valence-corrected chi connectivity index (χ2v) is 8.69. The average Bonchev–Trinajstić information content (AvgIpc) is 2.57. The van der Waals surface area contributed by atoms with Gasteiger partial charge in [-0.1, -0.05) is 26.0 Å². The number of nitrogens with one attached hydrogen (secondary N) is 3. The molecule has 162 valence electrons. The number of nitro benzene ring substituents is 1. The summed E-state index contributed by atoms with van der Waals surface area (Å²) in [6, 6.07) is 5.96. The van der Waals surface area contributed by atoms with Crippen molar-refractivity contribution in [3.05, 3.63) is 34.4 Å². The summed E-state index contributed by atoms with van der Waals surface area (Å²) < 4.78 is 5.26. The molecule has 1 aromatic rings. The van der Waals surface area contributed by atoms with Crippen molar-refractivity contribution in [3.8, 4) is 0 Å². The second kappa shape index (κ2) is 10.2. The minimum Gasteiger partial charge on any atom is -0.444 e. The van der Waals surface area contributed by atoms with E-state index in [2.05, 4.69) is 16.0 Å². The minimum atomic E-state index is -0.601. The molecule has 0 saturated carbocycles. The number of nitrogens with zero attached hydrogens (tertiary/aromatic N) is 1. The van der Waals surface area contributed by atoms with Gasteiger partial charge in [0.1, 0.15) is 11.3 Å². The maximum Gasteiger partial charge on any atom is 0.407 e. The molecule has 0 aliphatic heterocycles. The molecule has 9 nitrogen and oxygen atoms in total. The summed E-state index contributed by atoms with van der Waals surface area (Å²) in [7, 11) is 0. The third kappa shape index (κ3) is 9.38. The summed E-state index contributed by atoms with van der Waals surface area (Å²) in [5.74, 6) is -0.0993. The number of nitro groups is 1. The zero-order chi connectivity index (χ0) is 22.2. The molecule has 0 saturated heterocycles. The van der Waals surface area contributed by atoms with Crippen LogP contribution < -0.4 is 16.0 Å². The normalized spacial score (nSPS) is 13.5. The van der Waals surface area contributed by atoms with Crippen LogP contribution in [0.5, 0.6) is 0 Å². The van der Waals surface area contributed by atoms with E-state index >= 15 is 0 Å². The second-order valence-electron chi connectivity index (χ2n) is 8.69. The van der Waals surface area contributed by atoms with Crippen molar-refractivity contribution in [1.29, 1.82) is 0 Å². The van der Waals surface area contributed by atoms with Crippen molar-refractivity contribution in [2.75, 3.05) is 18.4 Å². The van der Waals surface area contributed by atoms with Crippen LogP contribution in [0.3, 0.4) is 0 Å². The van der Waals surface area contributed by atoms with Crippen LogP contribution in [0.4, 0.5) is 16.2 Å². The molecular formula is C20H32N4O5. The summed E-state index contributed by atoms with van der Waals surface area (Å²) >= 11 is 0. The molecule has 1 atom stereocenters. The molecule has 0 radical (unpaired) electrons. The number of rotatable bonds is 9. The highest BCUT2D eigenvalue weighted by molar-refractivity contribution is 5.94. The zero-order valence-corrected chi connectivity index (χ0v) is 18.0. The zero-order valence-electron chi connectivity index (χ0n) is 18.0. The van der Waals surface area contributed by atoms with Crippen LogP contribution in [-0.4, -0.2) is 41.2 Å². The summed E-state index contributed by atoms with van der Waals surface area (Å²) in [4.78, 5) is 34.8. The highest BCUT2D eigenvalue weighted by Crippen LogP contribution is 2.23. The fourth-order valence-corrected chi connectivity index (χ4v) is 2.92. The highest BCUT2D eigenvalue weighted by atomic mass is 16.6. The molecule has 0 fully saturated rings. The van der Waals surface area contributed by atoms with Crippen LogP contribution in [0.1, 0.15) is 48.0 Å². The Balaban J connectivity index is 2.72. The molecule has 1 rings (SSSR count). The smallest absolute Gasteiger partial charge is 0.407 e. The van der Waals surface area contributed by atoms with E-state index in [-0.39, 0.29) is 24.5 Å². The molecule has 0 aliphatic rings. The predicted molar refractivity (Wildman–Crippen MR) is 112 cm³/mol. The number of hydrogen-bond donors (Lipinski definition) is 3. The van der Waals surface area contributed by atoms with E-state index in [0.29, 0.717) is 12.3 Å². The summed E-state index contributed by atoms with van der Waals surface area (Å²) in [6.45, 7) is 11.5. The number of benzene rings is 1.